The van der Waals surface area contributed by atoms with E-state index in [-0.39, 0.29) is 0 Å². The second-order valence-electron chi connectivity index (χ2n) is 4.48. The van der Waals surface area contributed by atoms with Gasteiger partial charge in [0, 0.05) is 38.0 Å². The summed E-state index contributed by atoms with van der Waals surface area (Å²) in [5.74, 6) is 2.32. The number of imidazole rings is 1. The van der Waals surface area contributed by atoms with E-state index in [0.717, 1.165) is 30.2 Å². The van der Waals surface area contributed by atoms with Crippen LogP contribution >= 0.6 is 11.6 Å². The van der Waals surface area contributed by atoms with Crippen LogP contribution in [-0.2, 0) is 13.5 Å². The third kappa shape index (κ3) is 2.20. The third-order valence-corrected chi connectivity index (χ3v) is 3.53. The zero-order chi connectivity index (χ0) is 14.1. The van der Waals surface area contributed by atoms with Crippen LogP contribution in [0, 0.1) is 6.92 Å². The highest BCUT2D eigenvalue weighted by atomic mass is 35.5. The molecule has 0 aliphatic heterocycles. The van der Waals surface area contributed by atoms with Crippen LogP contribution in [0.25, 0.3) is 5.78 Å². The molecule has 3 aromatic heterocycles. The number of fused-ring (bicyclic) bond motifs is 1. The number of rotatable bonds is 4. The smallest absolute Gasteiger partial charge is 0.255 e. The van der Waals surface area contributed by atoms with E-state index in [1.165, 1.54) is 6.33 Å². The molecule has 3 rings (SSSR count). The lowest BCUT2D eigenvalue weighted by molar-refractivity contribution is 0.784. The Hall–Kier alpha value is -2.15. The van der Waals surface area contributed by atoms with E-state index in [2.05, 4.69) is 25.4 Å². The molecule has 8 heteroatoms. The average molecular weight is 292 g/mol. The summed E-state index contributed by atoms with van der Waals surface area (Å²) in [5.41, 5.74) is 0.851. The minimum absolute atomic E-state index is 0.435. The fourth-order valence-corrected chi connectivity index (χ4v) is 2.20. The maximum Gasteiger partial charge on any atom is 0.255 e. The van der Waals surface area contributed by atoms with Crippen LogP contribution in [0.15, 0.2) is 18.7 Å². The van der Waals surface area contributed by atoms with Crippen molar-refractivity contribution in [3.05, 3.63) is 35.3 Å². The van der Waals surface area contributed by atoms with Crippen molar-refractivity contribution in [2.24, 2.45) is 7.05 Å². The van der Waals surface area contributed by atoms with Gasteiger partial charge in [-0.25, -0.2) is 4.98 Å². The number of hydrogen-bond acceptors (Lipinski definition) is 5. The summed E-state index contributed by atoms with van der Waals surface area (Å²) in [5, 5.41) is 7.92. The van der Waals surface area contributed by atoms with Crippen LogP contribution in [0.5, 0.6) is 0 Å². The number of halogens is 1. The molecule has 0 aliphatic carbocycles. The van der Waals surface area contributed by atoms with Crippen molar-refractivity contribution in [1.82, 2.24) is 29.1 Å². The fraction of sp³-hybridized carbons (Fsp3) is 0.333. The Kier molecular flexibility index (Phi) is 3.27. The number of aryl methyl sites for hydroxylation is 1. The number of nitrogens with one attached hydrogen (secondary N) is 1. The quantitative estimate of drug-likeness (QED) is 0.737. The van der Waals surface area contributed by atoms with Crippen molar-refractivity contribution in [1.29, 1.82) is 0 Å². The number of hydrogen-bond donors (Lipinski definition) is 1. The van der Waals surface area contributed by atoms with Gasteiger partial charge in [0.25, 0.3) is 5.78 Å². The number of aromatic nitrogens is 6. The van der Waals surface area contributed by atoms with E-state index in [9.17, 15) is 0 Å². The molecule has 0 atom stereocenters. The SMILES string of the molecule is Cc1c(Cl)nc2ncnn2c1NCCc1nccn1C. The molecule has 3 aromatic rings. The van der Waals surface area contributed by atoms with Gasteiger partial charge < -0.3 is 9.88 Å². The lowest BCUT2D eigenvalue weighted by atomic mass is 10.3. The van der Waals surface area contributed by atoms with Crippen molar-refractivity contribution in [3.8, 4) is 0 Å². The van der Waals surface area contributed by atoms with Gasteiger partial charge in [-0.1, -0.05) is 11.6 Å². The summed E-state index contributed by atoms with van der Waals surface area (Å²) in [7, 11) is 1.98. The van der Waals surface area contributed by atoms with E-state index >= 15 is 0 Å². The second-order valence-corrected chi connectivity index (χ2v) is 4.84. The van der Waals surface area contributed by atoms with Crippen molar-refractivity contribution in [2.75, 3.05) is 11.9 Å². The van der Waals surface area contributed by atoms with Crippen molar-refractivity contribution in [2.45, 2.75) is 13.3 Å². The molecule has 0 spiro atoms. The van der Waals surface area contributed by atoms with Gasteiger partial charge in [0.1, 0.15) is 23.1 Å². The lowest BCUT2D eigenvalue weighted by Gasteiger charge is -2.11. The summed E-state index contributed by atoms with van der Waals surface area (Å²) >= 11 is 6.10. The van der Waals surface area contributed by atoms with Crippen LogP contribution < -0.4 is 5.32 Å². The molecule has 0 aromatic carbocycles. The van der Waals surface area contributed by atoms with Gasteiger partial charge in [0.2, 0.25) is 0 Å². The summed E-state index contributed by atoms with van der Waals surface area (Å²) in [4.78, 5) is 12.5. The zero-order valence-electron chi connectivity index (χ0n) is 11.2. The van der Waals surface area contributed by atoms with Crippen LogP contribution in [0.4, 0.5) is 5.82 Å². The van der Waals surface area contributed by atoms with E-state index in [1.807, 2.05) is 24.7 Å². The van der Waals surface area contributed by atoms with Gasteiger partial charge >= 0.3 is 0 Å². The molecule has 0 fully saturated rings. The van der Waals surface area contributed by atoms with Gasteiger partial charge in [0.05, 0.1) is 0 Å². The first kappa shape index (κ1) is 12.9. The number of nitrogens with zero attached hydrogens (tertiary/aromatic N) is 6. The topological polar surface area (TPSA) is 72.9 Å². The maximum atomic E-state index is 6.10. The Morgan fingerprint density at radius 3 is 2.95 bits per heavy atom. The summed E-state index contributed by atoms with van der Waals surface area (Å²) < 4.78 is 3.65. The zero-order valence-corrected chi connectivity index (χ0v) is 12.0. The van der Waals surface area contributed by atoms with Crippen molar-refractivity contribution in [3.63, 3.8) is 0 Å². The molecule has 0 saturated carbocycles. The Morgan fingerprint density at radius 1 is 1.35 bits per heavy atom. The molecule has 0 amide bonds. The molecule has 1 N–H and O–H groups in total. The van der Waals surface area contributed by atoms with E-state index in [0.29, 0.717) is 10.9 Å². The van der Waals surface area contributed by atoms with Gasteiger partial charge in [-0.05, 0) is 6.92 Å². The molecule has 0 bridgehead atoms. The van der Waals surface area contributed by atoms with Crippen molar-refractivity contribution >= 4 is 23.2 Å². The second kappa shape index (κ2) is 5.09. The summed E-state index contributed by atoms with van der Waals surface area (Å²) in [6.07, 6.45) is 5.99. The van der Waals surface area contributed by atoms with Crippen molar-refractivity contribution < 1.29 is 0 Å². The third-order valence-electron chi connectivity index (χ3n) is 3.17. The minimum Gasteiger partial charge on any atom is -0.369 e. The largest absolute Gasteiger partial charge is 0.369 e. The first-order chi connectivity index (χ1) is 9.66. The Labute approximate surface area is 120 Å². The lowest BCUT2D eigenvalue weighted by Crippen LogP contribution is -2.13. The van der Waals surface area contributed by atoms with Crippen LogP contribution in [-0.4, -0.2) is 35.7 Å². The fourth-order valence-electron chi connectivity index (χ4n) is 2.04. The molecule has 0 aliphatic rings. The molecule has 7 nitrogen and oxygen atoms in total. The minimum atomic E-state index is 0.435. The van der Waals surface area contributed by atoms with Gasteiger partial charge in [-0.3, -0.25) is 0 Å². The molecular weight excluding hydrogens is 278 g/mol. The highest BCUT2D eigenvalue weighted by molar-refractivity contribution is 6.30. The van der Waals surface area contributed by atoms with Crippen LogP contribution in [0.3, 0.4) is 0 Å². The monoisotopic (exact) mass is 291 g/mol. The first-order valence-electron chi connectivity index (χ1n) is 6.22. The summed E-state index contributed by atoms with van der Waals surface area (Å²) in [6, 6.07) is 0. The molecule has 0 radical (unpaired) electrons. The highest BCUT2D eigenvalue weighted by Crippen LogP contribution is 2.21. The van der Waals surface area contributed by atoms with Gasteiger partial charge in [0.15, 0.2) is 0 Å². The standard InChI is InChI=1S/C12H14ClN7/c1-8-10(13)18-12-16-7-17-20(12)11(8)15-4-3-9-14-5-6-19(9)2/h5-7,15H,3-4H2,1-2H3. The highest BCUT2D eigenvalue weighted by Gasteiger charge is 2.11. The first-order valence-corrected chi connectivity index (χ1v) is 6.60. The maximum absolute atomic E-state index is 6.10. The molecule has 0 saturated heterocycles. The van der Waals surface area contributed by atoms with E-state index in [4.69, 9.17) is 11.6 Å². The molecule has 20 heavy (non-hydrogen) atoms. The average Bonchev–Trinajstić information content (AvgIpc) is 3.03. The normalized spacial score (nSPS) is 11.2. The van der Waals surface area contributed by atoms with Gasteiger partial charge in [-0.2, -0.15) is 19.6 Å². The van der Waals surface area contributed by atoms with Crippen LogP contribution in [0.2, 0.25) is 5.15 Å². The molecule has 104 valence electrons. The molecular formula is C12H14ClN7. The van der Waals surface area contributed by atoms with Crippen LogP contribution in [0.1, 0.15) is 11.4 Å². The predicted molar refractivity (Wildman–Crippen MR) is 75.9 cm³/mol. The van der Waals surface area contributed by atoms with E-state index in [1.54, 1.807) is 10.7 Å². The Bertz CT molecular complexity index is 745. The number of anilines is 1. The Balaban J connectivity index is 1.82. The Morgan fingerprint density at radius 2 is 2.20 bits per heavy atom. The molecule has 0 unspecified atom stereocenters. The van der Waals surface area contributed by atoms with E-state index < -0.39 is 0 Å². The molecule has 3 heterocycles. The predicted octanol–water partition coefficient (Wildman–Crippen LogP) is 1.47. The van der Waals surface area contributed by atoms with Gasteiger partial charge in [-0.15, -0.1) is 0 Å². The summed E-state index contributed by atoms with van der Waals surface area (Å²) in [6.45, 7) is 2.63.